The average Bonchev–Trinajstić information content (AvgIpc) is 3.19. The van der Waals surface area contributed by atoms with Crippen LogP contribution in [0, 0.1) is 5.92 Å². The number of amides is 2. The summed E-state index contributed by atoms with van der Waals surface area (Å²) in [5.74, 6) is -0.855. The fourth-order valence-corrected chi connectivity index (χ4v) is 3.38. The number of nitrogens with one attached hydrogen (secondary N) is 1. The minimum absolute atomic E-state index is 0.000698. The van der Waals surface area contributed by atoms with Crippen molar-refractivity contribution in [2.45, 2.75) is 19.8 Å². The van der Waals surface area contributed by atoms with Gasteiger partial charge in [-0.05, 0) is 36.2 Å². The molecule has 0 aromatic heterocycles. The first-order valence-corrected chi connectivity index (χ1v) is 10.0. The zero-order valence-electron chi connectivity index (χ0n) is 17.8. The summed E-state index contributed by atoms with van der Waals surface area (Å²) < 4.78 is 15.7. The molecule has 1 fully saturated rings. The van der Waals surface area contributed by atoms with Crippen LogP contribution in [0.4, 0.5) is 11.4 Å². The molecule has 2 aromatic carbocycles. The number of hydrogen-bond acceptors (Lipinski definition) is 6. The summed E-state index contributed by atoms with van der Waals surface area (Å²) in [5.41, 5.74) is 2.31. The summed E-state index contributed by atoms with van der Waals surface area (Å²) in [7, 11) is 3.03. The normalized spacial score (nSPS) is 15.5. The Balaban J connectivity index is 1.57. The molecule has 0 bridgehead atoms. The lowest BCUT2D eigenvalue weighted by molar-refractivity contribution is -0.151. The highest BCUT2D eigenvalue weighted by atomic mass is 16.5. The number of ether oxygens (including phenoxy) is 3. The maximum Gasteiger partial charge on any atom is 0.311 e. The molecule has 1 atom stereocenters. The van der Waals surface area contributed by atoms with Crippen LogP contribution in [0.15, 0.2) is 42.5 Å². The van der Waals surface area contributed by atoms with E-state index < -0.39 is 24.4 Å². The van der Waals surface area contributed by atoms with E-state index in [1.54, 1.807) is 30.3 Å². The summed E-state index contributed by atoms with van der Waals surface area (Å²) in [5, 5.41) is 2.69. The molecule has 0 saturated carbocycles. The smallest absolute Gasteiger partial charge is 0.311 e. The number of rotatable bonds is 8. The Bertz CT molecular complexity index is 957. The predicted octanol–water partition coefficient (Wildman–Crippen LogP) is 2.80. The van der Waals surface area contributed by atoms with Gasteiger partial charge in [0.2, 0.25) is 5.91 Å². The van der Waals surface area contributed by atoms with Crippen molar-refractivity contribution in [3.63, 3.8) is 0 Å². The van der Waals surface area contributed by atoms with Gasteiger partial charge < -0.3 is 24.4 Å². The third-order valence-corrected chi connectivity index (χ3v) is 5.13. The van der Waals surface area contributed by atoms with Gasteiger partial charge in [0.25, 0.3) is 5.91 Å². The molecule has 3 rings (SSSR count). The molecule has 1 saturated heterocycles. The van der Waals surface area contributed by atoms with Crippen LogP contribution in [-0.2, 0) is 25.5 Å². The molecule has 0 spiro atoms. The highest BCUT2D eigenvalue weighted by Crippen LogP contribution is 2.36. The molecule has 1 aliphatic rings. The average molecular weight is 426 g/mol. The highest BCUT2D eigenvalue weighted by Gasteiger charge is 2.37. The number of esters is 1. The Morgan fingerprint density at radius 1 is 1.10 bits per heavy atom. The Morgan fingerprint density at radius 3 is 2.48 bits per heavy atom. The van der Waals surface area contributed by atoms with E-state index in [4.69, 9.17) is 14.2 Å². The standard InChI is InChI=1S/C23H26N2O6/c1-4-15-5-7-17(8-6-15)24-21(26)14-31-23(28)16-11-22(27)25(13-16)19-12-18(29-2)9-10-20(19)30-3/h5-10,12,16H,4,11,13-14H2,1-3H3,(H,24,26)/t16-/m1/s1. The Labute approximate surface area is 181 Å². The summed E-state index contributed by atoms with van der Waals surface area (Å²) in [6.07, 6.45) is 0.907. The number of aryl methyl sites for hydroxylation is 1. The number of anilines is 2. The van der Waals surface area contributed by atoms with Crippen LogP contribution in [-0.4, -0.2) is 45.2 Å². The Hall–Kier alpha value is -3.55. The maximum atomic E-state index is 12.5. The maximum absolute atomic E-state index is 12.5. The molecule has 0 unspecified atom stereocenters. The lowest BCUT2D eigenvalue weighted by Gasteiger charge is -2.20. The van der Waals surface area contributed by atoms with Crippen molar-refractivity contribution < 1.29 is 28.6 Å². The predicted molar refractivity (Wildman–Crippen MR) is 115 cm³/mol. The second-order valence-electron chi connectivity index (χ2n) is 7.15. The molecule has 1 N–H and O–H groups in total. The summed E-state index contributed by atoms with van der Waals surface area (Å²) in [6, 6.07) is 12.6. The molecule has 0 radical (unpaired) electrons. The number of benzene rings is 2. The number of carbonyl (C=O) groups excluding carboxylic acids is 3. The van der Waals surface area contributed by atoms with Crippen molar-refractivity contribution in [3.05, 3.63) is 48.0 Å². The Morgan fingerprint density at radius 2 is 1.84 bits per heavy atom. The van der Waals surface area contributed by atoms with Crippen molar-refractivity contribution in [2.75, 3.05) is 37.6 Å². The van der Waals surface area contributed by atoms with Crippen LogP contribution in [0.25, 0.3) is 0 Å². The van der Waals surface area contributed by atoms with E-state index in [9.17, 15) is 14.4 Å². The molecule has 0 aliphatic carbocycles. The van der Waals surface area contributed by atoms with Crippen molar-refractivity contribution in [3.8, 4) is 11.5 Å². The fourth-order valence-electron chi connectivity index (χ4n) is 3.38. The topological polar surface area (TPSA) is 94.2 Å². The van der Waals surface area contributed by atoms with Gasteiger partial charge in [0, 0.05) is 24.7 Å². The third kappa shape index (κ3) is 5.33. The van der Waals surface area contributed by atoms with Crippen LogP contribution >= 0.6 is 0 Å². The van der Waals surface area contributed by atoms with Gasteiger partial charge >= 0.3 is 5.97 Å². The molecule has 1 aliphatic heterocycles. The van der Waals surface area contributed by atoms with Gasteiger partial charge in [-0.25, -0.2) is 0 Å². The minimum atomic E-state index is -0.667. The quantitative estimate of drug-likeness (QED) is 0.653. The highest BCUT2D eigenvalue weighted by molar-refractivity contribution is 6.01. The van der Waals surface area contributed by atoms with Crippen LogP contribution in [0.3, 0.4) is 0 Å². The molecule has 8 heteroatoms. The molecular weight excluding hydrogens is 400 g/mol. The first kappa shape index (κ1) is 22.1. The minimum Gasteiger partial charge on any atom is -0.497 e. The summed E-state index contributed by atoms with van der Waals surface area (Å²) in [6.45, 7) is 1.77. The van der Waals surface area contributed by atoms with E-state index in [1.807, 2.05) is 19.1 Å². The van der Waals surface area contributed by atoms with Gasteiger partial charge in [0.05, 0.1) is 25.8 Å². The van der Waals surface area contributed by atoms with Gasteiger partial charge in [0.15, 0.2) is 6.61 Å². The van der Waals surface area contributed by atoms with Gasteiger partial charge in [-0.15, -0.1) is 0 Å². The molecule has 164 valence electrons. The third-order valence-electron chi connectivity index (χ3n) is 5.13. The first-order valence-electron chi connectivity index (χ1n) is 10.0. The van der Waals surface area contributed by atoms with Crippen molar-refractivity contribution in [1.82, 2.24) is 0 Å². The SMILES string of the molecule is CCc1ccc(NC(=O)COC(=O)[C@@H]2CC(=O)N(c3cc(OC)ccc3OC)C2)cc1. The summed E-state index contributed by atoms with van der Waals surface area (Å²) >= 11 is 0. The number of methoxy groups -OCH3 is 2. The molecular formula is C23H26N2O6. The zero-order valence-corrected chi connectivity index (χ0v) is 17.8. The van der Waals surface area contributed by atoms with E-state index in [2.05, 4.69) is 5.32 Å². The zero-order chi connectivity index (χ0) is 22.4. The molecule has 31 heavy (non-hydrogen) atoms. The lowest BCUT2D eigenvalue weighted by atomic mass is 10.1. The largest absolute Gasteiger partial charge is 0.497 e. The van der Waals surface area contributed by atoms with Crippen LogP contribution in [0.2, 0.25) is 0 Å². The second kappa shape index (κ2) is 9.97. The van der Waals surface area contributed by atoms with E-state index in [0.717, 1.165) is 12.0 Å². The van der Waals surface area contributed by atoms with Crippen LogP contribution in [0.1, 0.15) is 18.9 Å². The van der Waals surface area contributed by atoms with E-state index in [0.29, 0.717) is 22.9 Å². The monoisotopic (exact) mass is 426 g/mol. The number of nitrogens with zero attached hydrogens (tertiary/aromatic N) is 1. The van der Waals surface area contributed by atoms with Gasteiger partial charge in [-0.3, -0.25) is 14.4 Å². The molecule has 1 heterocycles. The van der Waals surface area contributed by atoms with E-state index >= 15 is 0 Å². The van der Waals surface area contributed by atoms with Gasteiger partial charge in [-0.2, -0.15) is 0 Å². The molecule has 2 amide bonds. The molecule has 2 aromatic rings. The first-order chi connectivity index (χ1) is 14.9. The van der Waals surface area contributed by atoms with Crippen molar-refractivity contribution in [1.29, 1.82) is 0 Å². The lowest BCUT2D eigenvalue weighted by Crippen LogP contribution is -2.28. The fraction of sp³-hybridized carbons (Fsp3) is 0.348. The Kier molecular flexibility index (Phi) is 7.12. The van der Waals surface area contributed by atoms with E-state index in [1.165, 1.54) is 19.1 Å². The van der Waals surface area contributed by atoms with Crippen molar-refractivity contribution >= 4 is 29.2 Å². The van der Waals surface area contributed by atoms with Crippen molar-refractivity contribution in [2.24, 2.45) is 5.92 Å². The molecule has 8 nitrogen and oxygen atoms in total. The second-order valence-corrected chi connectivity index (χ2v) is 7.15. The number of carbonyl (C=O) groups is 3. The van der Waals surface area contributed by atoms with Crippen LogP contribution in [0.5, 0.6) is 11.5 Å². The van der Waals surface area contributed by atoms with Gasteiger partial charge in [0.1, 0.15) is 11.5 Å². The van der Waals surface area contributed by atoms with Crippen LogP contribution < -0.4 is 19.7 Å². The van der Waals surface area contributed by atoms with E-state index in [-0.39, 0.29) is 18.9 Å². The summed E-state index contributed by atoms with van der Waals surface area (Å²) in [4.78, 5) is 38.5. The number of hydrogen-bond donors (Lipinski definition) is 1. The van der Waals surface area contributed by atoms with Gasteiger partial charge in [-0.1, -0.05) is 19.1 Å².